The second kappa shape index (κ2) is 8.85. The molecule has 1 amide bonds. The molecule has 0 unspecified atom stereocenters. The Bertz CT molecular complexity index is 830. The Morgan fingerprint density at radius 1 is 1.30 bits per heavy atom. The van der Waals surface area contributed by atoms with Gasteiger partial charge in [-0.05, 0) is 38.8 Å². The minimum Gasteiger partial charge on any atom is -0.448 e. The van der Waals surface area contributed by atoms with Crippen LogP contribution in [0.2, 0.25) is 5.02 Å². The molecule has 1 aromatic carbocycles. The first-order chi connectivity index (χ1) is 12.9. The number of esters is 1. The number of thiazole rings is 1. The van der Waals surface area contributed by atoms with Gasteiger partial charge in [-0.3, -0.25) is 4.79 Å². The number of hydrogen-bond donors (Lipinski definition) is 1. The lowest BCUT2D eigenvalue weighted by atomic mass is 9.95. The molecule has 0 aliphatic heterocycles. The van der Waals surface area contributed by atoms with Crippen molar-refractivity contribution in [2.45, 2.75) is 58.1 Å². The highest BCUT2D eigenvalue weighted by molar-refractivity contribution is 7.17. The molecule has 0 spiro atoms. The molecule has 7 heteroatoms. The zero-order valence-corrected chi connectivity index (χ0v) is 17.0. The van der Waals surface area contributed by atoms with Crippen molar-refractivity contribution in [1.29, 1.82) is 0 Å². The predicted octanol–water partition coefficient (Wildman–Crippen LogP) is 4.77. The summed E-state index contributed by atoms with van der Waals surface area (Å²) in [4.78, 5) is 29.7. The lowest BCUT2D eigenvalue weighted by molar-refractivity contribution is -0.130. The number of aromatic nitrogens is 1. The number of halogens is 1. The molecule has 1 atom stereocenters. The first kappa shape index (κ1) is 19.8. The summed E-state index contributed by atoms with van der Waals surface area (Å²) >= 11 is 7.27. The fraction of sp³-hybridized carbons (Fsp3) is 0.450. The zero-order valence-electron chi connectivity index (χ0n) is 15.5. The fourth-order valence-electron chi connectivity index (χ4n) is 3.16. The van der Waals surface area contributed by atoms with E-state index in [4.69, 9.17) is 16.3 Å². The molecule has 0 radical (unpaired) electrons. The van der Waals surface area contributed by atoms with E-state index < -0.39 is 12.1 Å². The van der Waals surface area contributed by atoms with Crippen molar-refractivity contribution in [1.82, 2.24) is 10.3 Å². The topological polar surface area (TPSA) is 68.3 Å². The van der Waals surface area contributed by atoms with Gasteiger partial charge in [-0.15, -0.1) is 11.3 Å². The number of carbonyl (C=O) groups is 2. The number of ether oxygens (including phenoxy) is 1. The third-order valence-corrected chi connectivity index (χ3v) is 6.08. The van der Waals surface area contributed by atoms with Gasteiger partial charge in [-0.2, -0.15) is 0 Å². The largest absolute Gasteiger partial charge is 0.448 e. The van der Waals surface area contributed by atoms with Crippen LogP contribution in [0.25, 0.3) is 10.6 Å². The van der Waals surface area contributed by atoms with Gasteiger partial charge in [0.2, 0.25) is 0 Å². The van der Waals surface area contributed by atoms with Crippen LogP contribution in [0.3, 0.4) is 0 Å². The van der Waals surface area contributed by atoms with Gasteiger partial charge in [0.25, 0.3) is 5.91 Å². The maximum Gasteiger partial charge on any atom is 0.351 e. The Morgan fingerprint density at radius 3 is 2.74 bits per heavy atom. The highest BCUT2D eigenvalue weighted by Gasteiger charge is 2.25. The summed E-state index contributed by atoms with van der Waals surface area (Å²) in [5.74, 6) is -0.767. The fourth-order valence-corrected chi connectivity index (χ4v) is 4.30. The Labute approximate surface area is 168 Å². The number of amides is 1. The van der Waals surface area contributed by atoms with E-state index in [2.05, 4.69) is 10.3 Å². The third kappa shape index (κ3) is 5.08. The number of benzene rings is 1. The molecule has 1 fully saturated rings. The molecule has 27 heavy (non-hydrogen) atoms. The van der Waals surface area contributed by atoms with Gasteiger partial charge in [0.15, 0.2) is 6.10 Å². The molecule has 1 saturated carbocycles. The van der Waals surface area contributed by atoms with E-state index in [1.807, 2.05) is 12.1 Å². The molecular formula is C20H23ClN2O3S. The minimum absolute atomic E-state index is 0.187. The van der Waals surface area contributed by atoms with Crippen molar-refractivity contribution in [3.8, 4) is 10.6 Å². The lowest BCUT2D eigenvalue weighted by Gasteiger charge is -2.24. The molecule has 0 bridgehead atoms. The standard InChI is InChI=1S/C20H23ClN2O3S/c1-12-17(27-19(22-12)14-7-6-8-15(21)11-14)20(25)26-13(2)18(24)23-16-9-4-3-5-10-16/h6-8,11,13,16H,3-5,9-10H2,1-2H3,(H,23,24)/t13-/m1/s1. The first-order valence-corrected chi connectivity index (χ1v) is 10.4. The van der Waals surface area contributed by atoms with Gasteiger partial charge in [0, 0.05) is 16.6 Å². The summed E-state index contributed by atoms with van der Waals surface area (Å²) in [6.45, 7) is 3.36. The van der Waals surface area contributed by atoms with E-state index >= 15 is 0 Å². The molecule has 5 nitrogen and oxygen atoms in total. The van der Waals surface area contributed by atoms with Crippen molar-refractivity contribution >= 4 is 34.8 Å². The number of hydrogen-bond acceptors (Lipinski definition) is 5. The van der Waals surface area contributed by atoms with Gasteiger partial charge in [-0.25, -0.2) is 9.78 Å². The van der Waals surface area contributed by atoms with Gasteiger partial charge >= 0.3 is 5.97 Å². The summed E-state index contributed by atoms with van der Waals surface area (Å²) in [6.07, 6.45) is 4.62. The number of aryl methyl sites for hydroxylation is 1. The average molecular weight is 407 g/mol. The lowest BCUT2D eigenvalue weighted by Crippen LogP contribution is -2.42. The van der Waals surface area contributed by atoms with E-state index in [0.29, 0.717) is 20.6 Å². The molecule has 1 heterocycles. The maximum absolute atomic E-state index is 12.5. The second-order valence-electron chi connectivity index (χ2n) is 6.83. The number of rotatable bonds is 5. The first-order valence-electron chi connectivity index (χ1n) is 9.19. The molecular weight excluding hydrogens is 384 g/mol. The van der Waals surface area contributed by atoms with Crippen molar-refractivity contribution < 1.29 is 14.3 Å². The molecule has 2 aromatic rings. The zero-order chi connectivity index (χ0) is 19.4. The summed E-state index contributed by atoms with van der Waals surface area (Å²) in [7, 11) is 0. The van der Waals surface area contributed by atoms with Crippen molar-refractivity contribution in [3.05, 3.63) is 39.9 Å². The van der Waals surface area contributed by atoms with Gasteiger partial charge in [0.05, 0.1) is 5.69 Å². The van der Waals surface area contributed by atoms with Crippen LogP contribution in [-0.4, -0.2) is 29.0 Å². The molecule has 3 rings (SSSR count). The van der Waals surface area contributed by atoms with Crippen molar-refractivity contribution in [2.24, 2.45) is 0 Å². The molecule has 1 aliphatic carbocycles. The van der Waals surface area contributed by atoms with Crippen LogP contribution in [0.15, 0.2) is 24.3 Å². The number of nitrogens with zero attached hydrogens (tertiary/aromatic N) is 1. The van der Waals surface area contributed by atoms with E-state index in [9.17, 15) is 9.59 Å². The third-order valence-electron chi connectivity index (χ3n) is 4.66. The smallest absolute Gasteiger partial charge is 0.351 e. The maximum atomic E-state index is 12.5. The van der Waals surface area contributed by atoms with Crippen LogP contribution >= 0.6 is 22.9 Å². The van der Waals surface area contributed by atoms with E-state index in [0.717, 1.165) is 31.2 Å². The summed E-state index contributed by atoms with van der Waals surface area (Å²) < 4.78 is 5.39. The van der Waals surface area contributed by atoms with Crippen molar-refractivity contribution in [3.63, 3.8) is 0 Å². The van der Waals surface area contributed by atoms with Crippen LogP contribution in [0.1, 0.15) is 54.4 Å². The Kier molecular flexibility index (Phi) is 6.50. The summed E-state index contributed by atoms with van der Waals surface area (Å²) in [6, 6.07) is 7.50. The van der Waals surface area contributed by atoms with E-state index in [1.165, 1.54) is 17.8 Å². The van der Waals surface area contributed by atoms with Gasteiger partial charge in [-0.1, -0.05) is 43.0 Å². The van der Waals surface area contributed by atoms with Crippen molar-refractivity contribution in [2.75, 3.05) is 0 Å². The number of carbonyl (C=O) groups excluding carboxylic acids is 2. The predicted molar refractivity (Wildman–Crippen MR) is 107 cm³/mol. The summed E-state index contributed by atoms with van der Waals surface area (Å²) in [5, 5.41) is 4.29. The SMILES string of the molecule is Cc1nc(-c2cccc(Cl)c2)sc1C(=O)O[C@H](C)C(=O)NC1CCCCC1. The normalized spacial score (nSPS) is 16.0. The van der Waals surface area contributed by atoms with Crippen LogP contribution in [0.5, 0.6) is 0 Å². The number of nitrogens with one attached hydrogen (secondary N) is 1. The highest BCUT2D eigenvalue weighted by Crippen LogP contribution is 2.30. The van der Waals surface area contributed by atoms with Crippen LogP contribution in [0.4, 0.5) is 0 Å². The van der Waals surface area contributed by atoms with Gasteiger partial charge < -0.3 is 10.1 Å². The van der Waals surface area contributed by atoms with Crippen LogP contribution < -0.4 is 5.32 Å². The Balaban J connectivity index is 1.64. The average Bonchev–Trinajstić information content (AvgIpc) is 3.04. The van der Waals surface area contributed by atoms with Gasteiger partial charge in [0.1, 0.15) is 9.88 Å². The Hall–Kier alpha value is -1.92. The molecule has 1 N–H and O–H groups in total. The van der Waals surface area contributed by atoms with E-state index in [1.54, 1.807) is 26.0 Å². The minimum atomic E-state index is -0.837. The monoisotopic (exact) mass is 406 g/mol. The molecule has 0 saturated heterocycles. The summed E-state index contributed by atoms with van der Waals surface area (Å²) in [5.41, 5.74) is 1.43. The second-order valence-corrected chi connectivity index (χ2v) is 8.27. The van der Waals surface area contributed by atoms with E-state index in [-0.39, 0.29) is 11.9 Å². The molecule has 1 aliphatic rings. The molecule has 144 valence electrons. The van der Waals surface area contributed by atoms with Crippen LogP contribution in [0, 0.1) is 6.92 Å². The quantitative estimate of drug-likeness (QED) is 0.726. The Morgan fingerprint density at radius 2 is 2.04 bits per heavy atom. The molecule has 1 aromatic heterocycles. The van der Waals surface area contributed by atoms with Crippen LogP contribution in [-0.2, 0) is 9.53 Å². The highest BCUT2D eigenvalue weighted by atomic mass is 35.5.